The largest absolute Gasteiger partial charge is 0.480 e. The van der Waals surface area contributed by atoms with Crippen LogP contribution in [0.15, 0.2) is 12.3 Å². The van der Waals surface area contributed by atoms with Crippen molar-refractivity contribution < 1.29 is 14.7 Å². The minimum Gasteiger partial charge on any atom is -0.480 e. The van der Waals surface area contributed by atoms with Gasteiger partial charge in [-0.3, -0.25) is 9.59 Å². The number of fused-ring (bicyclic) bond motifs is 1. The Morgan fingerprint density at radius 3 is 2.83 bits per heavy atom. The SMILES string of the molecule is Cc1cc(C)n2nc(C(=O)NCc3cn(CC(=O)O)nn3)nc2n1. The first-order valence-electron chi connectivity index (χ1n) is 7.02. The van der Waals surface area contributed by atoms with E-state index in [0.29, 0.717) is 11.5 Å². The molecule has 3 aromatic heterocycles. The number of aryl methyl sites for hydroxylation is 2. The summed E-state index contributed by atoms with van der Waals surface area (Å²) in [5, 5.41) is 22.8. The lowest BCUT2D eigenvalue weighted by Crippen LogP contribution is -2.24. The molecular formula is C13H14N8O3. The molecule has 0 fully saturated rings. The van der Waals surface area contributed by atoms with Crippen molar-refractivity contribution in [2.45, 2.75) is 26.9 Å². The molecule has 3 rings (SSSR count). The van der Waals surface area contributed by atoms with E-state index in [4.69, 9.17) is 5.11 Å². The van der Waals surface area contributed by atoms with Crippen molar-refractivity contribution in [2.75, 3.05) is 0 Å². The third-order valence-electron chi connectivity index (χ3n) is 3.13. The van der Waals surface area contributed by atoms with Crippen molar-refractivity contribution in [1.29, 1.82) is 0 Å². The first kappa shape index (κ1) is 15.5. The quantitative estimate of drug-likeness (QED) is 0.628. The number of nitrogens with one attached hydrogen (secondary N) is 1. The number of carboxylic acid groups (broad SMARTS) is 1. The second-order valence-electron chi connectivity index (χ2n) is 5.17. The van der Waals surface area contributed by atoms with Gasteiger partial charge >= 0.3 is 5.97 Å². The molecule has 0 aliphatic rings. The van der Waals surface area contributed by atoms with Gasteiger partial charge < -0.3 is 10.4 Å². The molecule has 2 N–H and O–H groups in total. The predicted octanol–water partition coefficient (Wildman–Crippen LogP) is -0.653. The summed E-state index contributed by atoms with van der Waals surface area (Å²) in [6.45, 7) is 3.47. The summed E-state index contributed by atoms with van der Waals surface area (Å²) in [6, 6.07) is 1.84. The van der Waals surface area contributed by atoms with E-state index in [-0.39, 0.29) is 18.9 Å². The van der Waals surface area contributed by atoms with Crippen LogP contribution >= 0.6 is 0 Å². The maximum atomic E-state index is 12.1. The molecule has 0 aromatic carbocycles. The van der Waals surface area contributed by atoms with Gasteiger partial charge in [0.2, 0.25) is 5.82 Å². The molecule has 3 aromatic rings. The summed E-state index contributed by atoms with van der Waals surface area (Å²) >= 11 is 0. The standard InChI is InChI=1S/C13H14N8O3/c1-7-3-8(2)21-13(15-7)16-11(18-21)12(24)14-4-9-5-20(19-17-9)6-10(22)23/h3,5H,4,6H2,1-2H3,(H,14,24)(H,22,23). The minimum atomic E-state index is -1.03. The van der Waals surface area contributed by atoms with Gasteiger partial charge in [0.05, 0.1) is 12.7 Å². The van der Waals surface area contributed by atoms with Crippen LogP contribution in [0.25, 0.3) is 5.78 Å². The maximum Gasteiger partial charge on any atom is 0.325 e. The monoisotopic (exact) mass is 330 g/mol. The molecular weight excluding hydrogens is 316 g/mol. The Hall–Kier alpha value is -3.37. The number of carbonyl (C=O) groups is 2. The number of amides is 1. The predicted molar refractivity (Wildman–Crippen MR) is 79.1 cm³/mol. The van der Waals surface area contributed by atoms with Crippen molar-refractivity contribution in [1.82, 2.24) is 39.9 Å². The third-order valence-corrected chi connectivity index (χ3v) is 3.13. The highest BCUT2D eigenvalue weighted by Gasteiger charge is 2.15. The fourth-order valence-electron chi connectivity index (χ4n) is 2.15. The highest BCUT2D eigenvalue weighted by atomic mass is 16.4. The van der Waals surface area contributed by atoms with Crippen molar-refractivity contribution in [3.63, 3.8) is 0 Å². The summed E-state index contributed by atoms with van der Waals surface area (Å²) in [4.78, 5) is 31.0. The lowest BCUT2D eigenvalue weighted by molar-refractivity contribution is -0.137. The fraction of sp³-hybridized carbons (Fsp3) is 0.308. The van der Waals surface area contributed by atoms with E-state index in [1.54, 1.807) is 0 Å². The second kappa shape index (κ2) is 6.02. The Kier molecular flexibility index (Phi) is 3.90. The van der Waals surface area contributed by atoms with E-state index >= 15 is 0 Å². The third kappa shape index (κ3) is 3.19. The molecule has 0 saturated heterocycles. The molecule has 0 saturated carbocycles. The average Bonchev–Trinajstić information content (AvgIpc) is 3.11. The van der Waals surface area contributed by atoms with Crippen LogP contribution in [0, 0.1) is 13.8 Å². The molecule has 0 spiro atoms. The molecule has 0 atom stereocenters. The molecule has 11 nitrogen and oxygen atoms in total. The number of aliphatic carboxylic acids is 1. The van der Waals surface area contributed by atoms with Gasteiger partial charge in [0, 0.05) is 11.4 Å². The summed E-state index contributed by atoms with van der Waals surface area (Å²) in [7, 11) is 0. The Balaban J connectivity index is 1.70. The van der Waals surface area contributed by atoms with Crippen LogP contribution < -0.4 is 5.32 Å². The fourth-order valence-corrected chi connectivity index (χ4v) is 2.15. The molecule has 0 radical (unpaired) electrons. The lowest BCUT2D eigenvalue weighted by Gasteiger charge is -1.98. The molecule has 3 heterocycles. The molecule has 0 aliphatic carbocycles. The van der Waals surface area contributed by atoms with Crippen LogP contribution in [-0.2, 0) is 17.9 Å². The van der Waals surface area contributed by atoms with Gasteiger partial charge in [-0.2, -0.15) is 4.98 Å². The van der Waals surface area contributed by atoms with E-state index in [9.17, 15) is 9.59 Å². The highest BCUT2D eigenvalue weighted by molar-refractivity contribution is 5.90. The first-order chi connectivity index (χ1) is 11.4. The molecule has 11 heteroatoms. The van der Waals surface area contributed by atoms with Crippen LogP contribution in [0.4, 0.5) is 0 Å². The smallest absolute Gasteiger partial charge is 0.325 e. The summed E-state index contributed by atoms with van der Waals surface area (Å²) < 4.78 is 2.66. The topological polar surface area (TPSA) is 140 Å². The van der Waals surface area contributed by atoms with Gasteiger partial charge in [-0.25, -0.2) is 14.2 Å². The van der Waals surface area contributed by atoms with Crippen molar-refractivity contribution in [3.8, 4) is 0 Å². The number of rotatable bonds is 5. The van der Waals surface area contributed by atoms with Gasteiger partial charge in [-0.15, -0.1) is 10.2 Å². The van der Waals surface area contributed by atoms with Gasteiger partial charge in [-0.05, 0) is 19.9 Å². The van der Waals surface area contributed by atoms with Crippen LogP contribution in [0.5, 0.6) is 0 Å². The molecule has 124 valence electrons. The molecule has 0 bridgehead atoms. The van der Waals surface area contributed by atoms with E-state index in [1.165, 1.54) is 15.4 Å². The number of hydrogen-bond acceptors (Lipinski definition) is 7. The van der Waals surface area contributed by atoms with Crippen LogP contribution in [0.1, 0.15) is 27.7 Å². The first-order valence-corrected chi connectivity index (χ1v) is 7.02. The Labute approximate surface area is 135 Å². The van der Waals surface area contributed by atoms with Gasteiger partial charge in [0.1, 0.15) is 12.2 Å². The summed E-state index contributed by atoms with van der Waals surface area (Å²) in [6.07, 6.45) is 1.45. The molecule has 24 heavy (non-hydrogen) atoms. The second-order valence-corrected chi connectivity index (χ2v) is 5.17. The molecule has 1 amide bonds. The average molecular weight is 330 g/mol. The highest BCUT2D eigenvalue weighted by Crippen LogP contribution is 2.05. The zero-order valence-electron chi connectivity index (χ0n) is 13.0. The van der Waals surface area contributed by atoms with Crippen molar-refractivity contribution in [2.24, 2.45) is 0 Å². The lowest BCUT2D eigenvalue weighted by atomic mass is 10.4. The van der Waals surface area contributed by atoms with Crippen LogP contribution in [-0.4, -0.2) is 51.6 Å². The maximum absolute atomic E-state index is 12.1. The van der Waals surface area contributed by atoms with Gasteiger partial charge in [-0.1, -0.05) is 5.21 Å². The van der Waals surface area contributed by atoms with Gasteiger partial charge in [0.15, 0.2) is 0 Å². The van der Waals surface area contributed by atoms with E-state index in [0.717, 1.165) is 11.4 Å². The molecule has 0 aliphatic heterocycles. The molecule has 0 unspecified atom stereocenters. The zero-order valence-corrected chi connectivity index (χ0v) is 13.0. The Bertz CT molecular complexity index is 929. The summed E-state index contributed by atoms with van der Waals surface area (Å²) in [5.74, 6) is -1.16. The van der Waals surface area contributed by atoms with E-state index < -0.39 is 11.9 Å². The van der Waals surface area contributed by atoms with Crippen molar-refractivity contribution >= 4 is 17.7 Å². The van der Waals surface area contributed by atoms with Crippen LogP contribution in [0.3, 0.4) is 0 Å². The van der Waals surface area contributed by atoms with Crippen LogP contribution in [0.2, 0.25) is 0 Å². The van der Waals surface area contributed by atoms with Gasteiger partial charge in [0.25, 0.3) is 11.7 Å². The normalized spacial score (nSPS) is 10.9. The summed E-state index contributed by atoms with van der Waals surface area (Å²) in [5.41, 5.74) is 2.04. The van der Waals surface area contributed by atoms with E-state index in [2.05, 4.69) is 30.7 Å². The number of aromatic nitrogens is 7. The number of carboxylic acids is 1. The number of nitrogens with zero attached hydrogens (tertiary/aromatic N) is 7. The number of carbonyl (C=O) groups excluding carboxylic acids is 1. The Morgan fingerprint density at radius 1 is 1.29 bits per heavy atom. The van der Waals surface area contributed by atoms with Crippen molar-refractivity contribution in [3.05, 3.63) is 35.2 Å². The van der Waals surface area contributed by atoms with E-state index in [1.807, 2.05) is 19.9 Å². The zero-order chi connectivity index (χ0) is 17.3. The minimum absolute atomic E-state index is 0.00544. The Morgan fingerprint density at radius 2 is 2.08 bits per heavy atom. The number of hydrogen-bond donors (Lipinski definition) is 2.